The van der Waals surface area contributed by atoms with Crippen LogP contribution in [0.15, 0.2) is 17.6 Å². The van der Waals surface area contributed by atoms with Gasteiger partial charge < -0.3 is 0 Å². The average molecular weight is 228 g/mol. The molecule has 0 bridgehead atoms. The summed E-state index contributed by atoms with van der Waals surface area (Å²) in [5.74, 6) is 0.0498. The summed E-state index contributed by atoms with van der Waals surface area (Å²) in [5.41, 5.74) is 1.66. The summed E-state index contributed by atoms with van der Waals surface area (Å²) in [4.78, 5) is 16.5. The lowest BCUT2D eigenvalue weighted by Gasteiger charge is -2.08. The lowest BCUT2D eigenvalue weighted by molar-refractivity contribution is 0.790. The van der Waals surface area contributed by atoms with Crippen LogP contribution in [0.1, 0.15) is 36.6 Å². The van der Waals surface area contributed by atoms with Crippen molar-refractivity contribution in [2.45, 2.75) is 19.8 Å². The number of nitrogens with one attached hydrogen (secondary N) is 1. The predicted octanol–water partition coefficient (Wildman–Crippen LogP) is 1.66. The number of nitrogens with zero attached hydrogens (tertiary/aromatic N) is 3. The molecule has 86 valence electrons. The van der Waals surface area contributed by atoms with E-state index in [1.54, 1.807) is 6.08 Å². The Morgan fingerprint density at radius 3 is 2.88 bits per heavy atom. The van der Waals surface area contributed by atoms with Crippen LogP contribution in [-0.4, -0.2) is 14.6 Å². The van der Waals surface area contributed by atoms with Crippen molar-refractivity contribution >= 4 is 11.7 Å². The molecule has 2 aromatic rings. The molecule has 2 rings (SSSR count). The summed E-state index contributed by atoms with van der Waals surface area (Å²) < 4.78 is 1.29. The highest BCUT2D eigenvalue weighted by Crippen LogP contribution is 2.16. The topological polar surface area (TPSA) is 73.9 Å². The van der Waals surface area contributed by atoms with Crippen molar-refractivity contribution in [3.63, 3.8) is 0 Å². The molecule has 1 N–H and O–H groups in total. The molecule has 0 aliphatic carbocycles. The average Bonchev–Trinajstić information content (AvgIpc) is 2.71. The minimum Gasteiger partial charge on any atom is -0.295 e. The summed E-state index contributed by atoms with van der Waals surface area (Å²) in [6, 6.07) is 1.99. The second-order valence-corrected chi connectivity index (χ2v) is 4.03. The van der Waals surface area contributed by atoms with Gasteiger partial charge in [-0.1, -0.05) is 20.4 Å². The van der Waals surface area contributed by atoms with E-state index in [0.717, 1.165) is 0 Å². The molecule has 5 nitrogen and oxygen atoms in total. The molecule has 0 unspecified atom stereocenters. The molecular weight excluding hydrogens is 216 g/mol. The van der Waals surface area contributed by atoms with Gasteiger partial charge in [0.15, 0.2) is 5.65 Å². The van der Waals surface area contributed by atoms with Crippen LogP contribution < -0.4 is 5.56 Å². The first-order valence-corrected chi connectivity index (χ1v) is 5.26. The van der Waals surface area contributed by atoms with E-state index in [9.17, 15) is 4.79 Å². The van der Waals surface area contributed by atoms with Crippen molar-refractivity contribution < 1.29 is 0 Å². The van der Waals surface area contributed by atoms with Crippen molar-refractivity contribution in [2.24, 2.45) is 0 Å². The van der Waals surface area contributed by atoms with Crippen LogP contribution in [0.3, 0.4) is 0 Å². The van der Waals surface area contributed by atoms with E-state index < -0.39 is 0 Å². The lowest BCUT2D eigenvalue weighted by Crippen LogP contribution is -2.22. The second kappa shape index (κ2) is 3.91. The van der Waals surface area contributed by atoms with Gasteiger partial charge in [0.1, 0.15) is 11.6 Å². The quantitative estimate of drug-likeness (QED) is 0.849. The molecule has 0 saturated carbocycles. The zero-order chi connectivity index (χ0) is 12.6. The minimum atomic E-state index is -0.179. The van der Waals surface area contributed by atoms with Gasteiger partial charge in [0.25, 0.3) is 5.56 Å². The number of H-pyrrole nitrogens is 1. The first-order chi connectivity index (χ1) is 8.10. The molecule has 0 aliphatic rings. The highest BCUT2D eigenvalue weighted by Gasteiger charge is 2.16. The van der Waals surface area contributed by atoms with Gasteiger partial charge in [0.05, 0.1) is 5.69 Å². The van der Waals surface area contributed by atoms with Gasteiger partial charge in [-0.05, 0) is 12.0 Å². The maximum Gasteiger partial charge on any atom is 0.276 e. The molecule has 0 fully saturated rings. The third kappa shape index (κ3) is 1.54. The van der Waals surface area contributed by atoms with E-state index in [1.165, 1.54) is 10.7 Å². The Bertz CT molecular complexity index is 685. The Labute approximate surface area is 98.0 Å². The monoisotopic (exact) mass is 228 g/mol. The predicted molar refractivity (Wildman–Crippen MR) is 64.7 cm³/mol. The molecule has 0 spiro atoms. The van der Waals surface area contributed by atoms with Crippen molar-refractivity contribution in [3.05, 3.63) is 40.0 Å². The summed E-state index contributed by atoms with van der Waals surface area (Å²) in [6.45, 7) is 7.50. The van der Waals surface area contributed by atoms with Gasteiger partial charge in [-0.2, -0.15) is 5.26 Å². The van der Waals surface area contributed by atoms with Crippen molar-refractivity contribution in [3.8, 4) is 6.07 Å². The van der Waals surface area contributed by atoms with Crippen molar-refractivity contribution in [1.82, 2.24) is 14.6 Å². The summed E-state index contributed by atoms with van der Waals surface area (Å²) in [7, 11) is 0. The zero-order valence-electron chi connectivity index (χ0n) is 9.69. The Hall–Kier alpha value is -2.35. The van der Waals surface area contributed by atoms with Crippen LogP contribution in [-0.2, 0) is 0 Å². The molecule has 17 heavy (non-hydrogen) atoms. The van der Waals surface area contributed by atoms with Crippen LogP contribution in [0.5, 0.6) is 0 Å². The number of hydrogen-bond acceptors (Lipinski definition) is 3. The number of aromatic nitrogens is 3. The maximum absolute atomic E-state index is 12.2. The van der Waals surface area contributed by atoms with Crippen molar-refractivity contribution in [1.29, 1.82) is 5.26 Å². The van der Waals surface area contributed by atoms with E-state index >= 15 is 0 Å². The number of nitriles is 1. The SMILES string of the molecule is C=Cc1nc2c(C#N)c[nH]n2c(=O)c1C(C)C. The first kappa shape index (κ1) is 11.1. The van der Waals surface area contributed by atoms with Crippen LogP contribution in [0.4, 0.5) is 0 Å². The molecule has 0 aliphatic heterocycles. The summed E-state index contributed by atoms with van der Waals surface area (Å²) >= 11 is 0. The maximum atomic E-state index is 12.2. The van der Waals surface area contributed by atoms with Gasteiger partial charge in [-0.15, -0.1) is 0 Å². The van der Waals surface area contributed by atoms with Gasteiger partial charge in [-0.25, -0.2) is 9.50 Å². The fraction of sp³-hybridized carbons (Fsp3) is 0.250. The normalized spacial score (nSPS) is 10.7. The molecule has 0 saturated heterocycles. The lowest BCUT2D eigenvalue weighted by atomic mass is 10.0. The van der Waals surface area contributed by atoms with Crippen LogP contribution >= 0.6 is 0 Å². The van der Waals surface area contributed by atoms with Gasteiger partial charge in [0.2, 0.25) is 0 Å². The number of hydrogen-bond donors (Lipinski definition) is 1. The number of rotatable bonds is 2. The van der Waals surface area contributed by atoms with Gasteiger partial charge >= 0.3 is 0 Å². The smallest absolute Gasteiger partial charge is 0.276 e. The van der Waals surface area contributed by atoms with E-state index in [4.69, 9.17) is 5.26 Å². The molecule has 0 radical (unpaired) electrons. The number of fused-ring (bicyclic) bond motifs is 1. The zero-order valence-corrected chi connectivity index (χ0v) is 9.69. The standard InChI is InChI=1S/C12H12N4O/c1-4-9-10(7(2)3)12(17)16-11(15-9)8(5-13)6-14-16/h4,6-7,14H,1H2,2-3H3. The fourth-order valence-electron chi connectivity index (χ4n) is 1.83. The van der Waals surface area contributed by atoms with Crippen LogP contribution in [0.25, 0.3) is 11.7 Å². The van der Waals surface area contributed by atoms with Crippen LogP contribution in [0.2, 0.25) is 0 Å². The van der Waals surface area contributed by atoms with Crippen LogP contribution in [0, 0.1) is 11.3 Å². The highest BCUT2D eigenvalue weighted by molar-refractivity contribution is 5.59. The highest BCUT2D eigenvalue weighted by atomic mass is 16.1. The molecule has 0 atom stereocenters. The molecule has 2 aromatic heterocycles. The first-order valence-electron chi connectivity index (χ1n) is 5.26. The van der Waals surface area contributed by atoms with E-state index in [2.05, 4.69) is 16.7 Å². The van der Waals surface area contributed by atoms with Gasteiger partial charge in [0, 0.05) is 11.8 Å². The Kier molecular flexibility index (Phi) is 2.56. The largest absolute Gasteiger partial charge is 0.295 e. The Morgan fingerprint density at radius 2 is 2.35 bits per heavy atom. The Balaban J connectivity index is 2.96. The molecule has 2 heterocycles. The number of aromatic amines is 1. The summed E-state index contributed by atoms with van der Waals surface area (Å²) in [6.07, 6.45) is 3.02. The molecule has 0 aromatic carbocycles. The minimum absolute atomic E-state index is 0.0498. The van der Waals surface area contributed by atoms with E-state index in [-0.39, 0.29) is 11.5 Å². The van der Waals surface area contributed by atoms with Crippen molar-refractivity contribution in [2.75, 3.05) is 0 Å². The molecular formula is C12H12N4O. The van der Waals surface area contributed by atoms with Gasteiger partial charge in [-0.3, -0.25) is 9.89 Å². The third-order valence-corrected chi connectivity index (χ3v) is 2.62. The van der Waals surface area contributed by atoms with E-state index in [0.29, 0.717) is 22.5 Å². The summed E-state index contributed by atoms with van der Waals surface area (Å²) in [5, 5.41) is 11.6. The second-order valence-electron chi connectivity index (χ2n) is 4.03. The molecule has 0 amide bonds. The fourth-order valence-corrected chi connectivity index (χ4v) is 1.83. The third-order valence-electron chi connectivity index (χ3n) is 2.62. The van der Waals surface area contributed by atoms with E-state index in [1.807, 2.05) is 19.9 Å². The molecule has 5 heteroatoms. The Morgan fingerprint density at radius 1 is 1.65 bits per heavy atom.